The van der Waals surface area contributed by atoms with Gasteiger partial charge >= 0.3 is 39.5 Å². The summed E-state index contributed by atoms with van der Waals surface area (Å²) in [6.07, 6.45) is 50.2. The molecule has 0 fully saturated rings. The van der Waals surface area contributed by atoms with Crippen molar-refractivity contribution in [2.45, 2.75) is 387 Å². The van der Waals surface area contributed by atoms with Gasteiger partial charge in [-0.1, -0.05) is 318 Å². The van der Waals surface area contributed by atoms with Crippen LogP contribution in [-0.4, -0.2) is 96.7 Å². The summed E-state index contributed by atoms with van der Waals surface area (Å²) < 4.78 is 68.2. The molecule has 91 heavy (non-hydrogen) atoms. The second kappa shape index (κ2) is 64.1. The molecule has 17 nitrogen and oxygen atoms in total. The van der Waals surface area contributed by atoms with Crippen molar-refractivity contribution in [3.05, 3.63) is 0 Å². The van der Waals surface area contributed by atoms with Crippen molar-refractivity contribution in [1.82, 2.24) is 0 Å². The molecule has 0 saturated heterocycles. The third-order valence-electron chi connectivity index (χ3n) is 17.1. The minimum Gasteiger partial charge on any atom is -0.462 e. The highest BCUT2D eigenvalue weighted by molar-refractivity contribution is 7.47. The topological polar surface area (TPSA) is 237 Å². The molecule has 0 radical (unpaired) electrons. The number of carbonyl (C=O) groups is 4. The highest BCUT2D eigenvalue weighted by atomic mass is 31.2. The molecular weight excluding hydrogens is 1200 g/mol. The summed E-state index contributed by atoms with van der Waals surface area (Å²) in [5.74, 6) is -0.533. The highest BCUT2D eigenvalue weighted by Crippen LogP contribution is 2.45. The van der Waals surface area contributed by atoms with Gasteiger partial charge in [-0.25, -0.2) is 9.13 Å². The lowest BCUT2D eigenvalue weighted by Gasteiger charge is -2.21. The van der Waals surface area contributed by atoms with Crippen LogP contribution in [0, 0.1) is 11.8 Å². The predicted octanol–water partition coefficient (Wildman–Crippen LogP) is 20.8. The van der Waals surface area contributed by atoms with Gasteiger partial charge in [0, 0.05) is 25.7 Å². The average Bonchev–Trinajstić information content (AvgIpc) is 3.60. The Bertz CT molecular complexity index is 1770. The summed E-state index contributed by atoms with van der Waals surface area (Å²) in [4.78, 5) is 72.4. The fourth-order valence-electron chi connectivity index (χ4n) is 10.9. The monoisotopic (exact) mass is 1340 g/mol. The van der Waals surface area contributed by atoms with Crippen molar-refractivity contribution < 1.29 is 80.2 Å². The van der Waals surface area contributed by atoms with Gasteiger partial charge in [0.25, 0.3) is 0 Å². The number of ether oxygens (including phenoxy) is 4. The molecule has 3 N–H and O–H groups in total. The summed E-state index contributed by atoms with van der Waals surface area (Å²) in [6.45, 7) is 9.52. The molecule has 3 unspecified atom stereocenters. The molecule has 0 saturated carbocycles. The van der Waals surface area contributed by atoms with Gasteiger partial charge in [-0.2, -0.15) is 0 Å². The lowest BCUT2D eigenvalue weighted by Crippen LogP contribution is -2.30. The predicted molar refractivity (Wildman–Crippen MR) is 368 cm³/mol. The molecule has 19 heteroatoms. The number of esters is 4. The van der Waals surface area contributed by atoms with Gasteiger partial charge < -0.3 is 33.8 Å². The average molecular weight is 1340 g/mol. The Kier molecular flexibility index (Phi) is 62.7. The molecule has 0 aromatic carbocycles. The number of phosphoric ester groups is 2. The summed E-state index contributed by atoms with van der Waals surface area (Å²) in [5.41, 5.74) is 0. The fourth-order valence-corrected chi connectivity index (χ4v) is 12.5. The summed E-state index contributed by atoms with van der Waals surface area (Å²) in [7, 11) is -9.89. The van der Waals surface area contributed by atoms with Crippen LogP contribution in [0.15, 0.2) is 0 Å². The molecule has 0 aliphatic carbocycles. The molecule has 0 heterocycles. The van der Waals surface area contributed by atoms with Gasteiger partial charge in [0.15, 0.2) is 12.2 Å². The van der Waals surface area contributed by atoms with E-state index in [1.54, 1.807) is 0 Å². The minimum absolute atomic E-state index is 0.105. The molecule has 0 bridgehead atoms. The van der Waals surface area contributed by atoms with Crippen LogP contribution < -0.4 is 0 Å². The Labute approximate surface area is 556 Å². The Hall–Kier alpha value is -1.94. The lowest BCUT2D eigenvalue weighted by atomic mass is 9.99. The SMILES string of the molecule is CCCCCCCCCCCCCCCCCC(=O)OC[C@H](COP(=O)(O)OC[C@@H](O)COP(=O)(O)OC[C@@H](COC(=O)CCCCCCC)OC(=O)CCCCCCCCCCCCC(C)C)OC(=O)CCCCCCCCCCCCCCCCC(C)CC. The lowest BCUT2D eigenvalue weighted by molar-refractivity contribution is -0.161. The van der Waals surface area contributed by atoms with E-state index < -0.39 is 97.5 Å². The first kappa shape index (κ1) is 89.1. The second-order valence-corrected chi connectivity index (χ2v) is 29.6. The molecule has 540 valence electrons. The van der Waals surface area contributed by atoms with Gasteiger partial charge in [-0.15, -0.1) is 0 Å². The van der Waals surface area contributed by atoms with Crippen LogP contribution in [0.2, 0.25) is 0 Å². The first-order valence-corrected chi connectivity index (χ1v) is 40.5. The number of phosphoric acid groups is 2. The molecule has 0 aliphatic rings. The standard InChI is InChI=1S/C72H140O17P2/c1-7-10-12-14-15-16-17-18-19-23-26-32-37-43-49-55-70(75)83-61-68(89-72(77)56-50-44-38-33-27-24-21-20-22-25-31-36-42-47-53-65(6)9-3)63-87-91(80,81)85-59-66(73)58-84-90(78,79)86-62-67(60-82-69(74)54-48-40-13-11-8-2)88-71(76)57-51-45-39-34-29-28-30-35-41-46-52-64(4)5/h64-68,73H,7-63H2,1-6H3,(H,78,79)(H,80,81)/t65?,66-,67+,68+/m0/s1. The van der Waals surface area contributed by atoms with E-state index in [4.69, 9.17) is 37.0 Å². The van der Waals surface area contributed by atoms with Crippen LogP contribution in [0.1, 0.15) is 369 Å². The smallest absolute Gasteiger partial charge is 0.462 e. The van der Waals surface area contributed by atoms with E-state index in [0.29, 0.717) is 25.7 Å². The maximum atomic E-state index is 13.0. The van der Waals surface area contributed by atoms with Crippen LogP contribution in [0.4, 0.5) is 0 Å². The number of hydrogen-bond donors (Lipinski definition) is 3. The number of aliphatic hydroxyl groups is 1. The normalized spacial score (nSPS) is 14.4. The minimum atomic E-state index is -4.95. The second-order valence-electron chi connectivity index (χ2n) is 26.7. The Morgan fingerprint density at radius 1 is 0.319 bits per heavy atom. The molecule has 6 atom stereocenters. The first-order valence-electron chi connectivity index (χ1n) is 37.5. The highest BCUT2D eigenvalue weighted by Gasteiger charge is 2.30. The number of aliphatic hydroxyl groups excluding tert-OH is 1. The van der Waals surface area contributed by atoms with E-state index >= 15 is 0 Å². The number of hydrogen-bond acceptors (Lipinski definition) is 15. The van der Waals surface area contributed by atoms with E-state index in [1.165, 1.54) is 180 Å². The van der Waals surface area contributed by atoms with Gasteiger partial charge in [-0.05, 0) is 37.5 Å². The maximum Gasteiger partial charge on any atom is 0.472 e. The zero-order chi connectivity index (χ0) is 67.2. The quantitative estimate of drug-likeness (QED) is 0.0222. The van der Waals surface area contributed by atoms with E-state index in [0.717, 1.165) is 108 Å². The molecule has 0 aromatic rings. The zero-order valence-electron chi connectivity index (χ0n) is 59.1. The third-order valence-corrected chi connectivity index (χ3v) is 19.0. The van der Waals surface area contributed by atoms with E-state index in [1.807, 2.05) is 0 Å². The summed E-state index contributed by atoms with van der Waals surface area (Å²) in [6, 6.07) is 0. The van der Waals surface area contributed by atoms with Crippen LogP contribution in [-0.2, 0) is 65.4 Å². The summed E-state index contributed by atoms with van der Waals surface area (Å²) >= 11 is 0. The Morgan fingerprint density at radius 3 is 0.835 bits per heavy atom. The van der Waals surface area contributed by atoms with Gasteiger partial charge in [0.2, 0.25) is 0 Å². The number of rotatable bonds is 71. The third kappa shape index (κ3) is 65.1. The van der Waals surface area contributed by atoms with Crippen molar-refractivity contribution in [2.75, 3.05) is 39.6 Å². The summed E-state index contributed by atoms with van der Waals surface area (Å²) in [5, 5.41) is 10.6. The van der Waals surface area contributed by atoms with Crippen molar-refractivity contribution in [2.24, 2.45) is 11.8 Å². The number of carbonyl (C=O) groups excluding carboxylic acids is 4. The number of unbranched alkanes of at least 4 members (excludes halogenated alkanes) is 40. The Morgan fingerprint density at radius 2 is 0.560 bits per heavy atom. The van der Waals surface area contributed by atoms with Crippen molar-refractivity contribution in [1.29, 1.82) is 0 Å². The van der Waals surface area contributed by atoms with Gasteiger partial charge in [0.1, 0.15) is 19.3 Å². The van der Waals surface area contributed by atoms with Crippen LogP contribution >= 0.6 is 15.6 Å². The maximum absolute atomic E-state index is 13.0. The first-order chi connectivity index (χ1) is 43.9. The van der Waals surface area contributed by atoms with Crippen LogP contribution in [0.25, 0.3) is 0 Å². The van der Waals surface area contributed by atoms with E-state index in [-0.39, 0.29) is 25.7 Å². The zero-order valence-corrected chi connectivity index (χ0v) is 60.9. The van der Waals surface area contributed by atoms with Gasteiger partial charge in [-0.3, -0.25) is 37.3 Å². The van der Waals surface area contributed by atoms with E-state index in [2.05, 4.69) is 41.5 Å². The molecular formula is C72H140O17P2. The Balaban J connectivity index is 5.16. The van der Waals surface area contributed by atoms with Crippen LogP contribution in [0.3, 0.4) is 0 Å². The fraction of sp³-hybridized carbons (Fsp3) is 0.944. The molecule has 0 aliphatic heterocycles. The molecule has 0 amide bonds. The molecule has 0 spiro atoms. The van der Waals surface area contributed by atoms with Crippen molar-refractivity contribution in [3.8, 4) is 0 Å². The van der Waals surface area contributed by atoms with Gasteiger partial charge in [0.05, 0.1) is 26.4 Å². The van der Waals surface area contributed by atoms with Crippen molar-refractivity contribution in [3.63, 3.8) is 0 Å². The molecule has 0 rings (SSSR count). The molecule has 0 aromatic heterocycles. The van der Waals surface area contributed by atoms with Crippen LogP contribution in [0.5, 0.6) is 0 Å². The van der Waals surface area contributed by atoms with E-state index in [9.17, 15) is 43.2 Å². The van der Waals surface area contributed by atoms with Crippen molar-refractivity contribution >= 4 is 39.5 Å². The largest absolute Gasteiger partial charge is 0.472 e.